The van der Waals surface area contributed by atoms with Gasteiger partial charge in [-0.3, -0.25) is 10.2 Å². The molecule has 0 aromatic heterocycles. The van der Waals surface area contributed by atoms with Gasteiger partial charge in [0.2, 0.25) is 19.4 Å². The van der Waals surface area contributed by atoms with Crippen molar-refractivity contribution in [2.75, 3.05) is 20.0 Å². The lowest BCUT2D eigenvalue weighted by molar-refractivity contribution is -0.114. The highest BCUT2D eigenvalue weighted by Crippen LogP contribution is 2.31. The third kappa shape index (κ3) is 4.88. The number of amides is 1. The molecule has 1 N–H and O–H groups in total. The van der Waals surface area contributed by atoms with Crippen LogP contribution in [0, 0.1) is 5.41 Å². The molecule has 0 bridgehead atoms. The Kier molecular flexibility index (Phi) is 6.95. The molecule has 0 saturated carbocycles. The van der Waals surface area contributed by atoms with Crippen molar-refractivity contribution in [2.45, 2.75) is 6.92 Å². The number of benzene rings is 2. The molecule has 2 aliphatic rings. The molecule has 0 fully saturated rings. The van der Waals surface area contributed by atoms with E-state index >= 15 is 0 Å². The molecule has 11 nitrogen and oxygen atoms in total. The molecule has 4 rings (SSSR count). The SMILES string of the molecule is CCS(=O)(=O)C1=NN2C(=N)/C(=C\c3ccc(OC(=O)c4ccc(OC)c(OC)c4)cc3)C(=O)N=C2S1. The van der Waals surface area contributed by atoms with Crippen molar-refractivity contribution in [2.24, 2.45) is 10.1 Å². The summed E-state index contributed by atoms with van der Waals surface area (Å²) in [5.74, 6) is -0.609. The number of thioether (sulfide) groups is 1. The largest absolute Gasteiger partial charge is 0.493 e. The summed E-state index contributed by atoms with van der Waals surface area (Å²) in [5.41, 5.74) is 0.737. The van der Waals surface area contributed by atoms with Crippen LogP contribution in [-0.4, -0.2) is 60.7 Å². The number of ether oxygens (including phenoxy) is 3. The average Bonchev–Trinajstić information content (AvgIpc) is 3.32. The van der Waals surface area contributed by atoms with Crippen LogP contribution < -0.4 is 14.2 Å². The number of hydrazone groups is 1. The van der Waals surface area contributed by atoms with E-state index in [2.05, 4.69) is 10.1 Å². The van der Waals surface area contributed by atoms with Gasteiger partial charge in [-0.1, -0.05) is 19.1 Å². The minimum Gasteiger partial charge on any atom is -0.493 e. The van der Waals surface area contributed by atoms with Gasteiger partial charge in [0, 0.05) is 0 Å². The van der Waals surface area contributed by atoms with Gasteiger partial charge >= 0.3 is 5.97 Å². The van der Waals surface area contributed by atoms with Crippen LogP contribution in [0.3, 0.4) is 0 Å². The summed E-state index contributed by atoms with van der Waals surface area (Å²) < 4.78 is 39.8. The molecule has 36 heavy (non-hydrogen) atoms. The Labute approximate surface area is 210 Å². The molecule has 2 aromatic carbocycles. The molecule has 0 spiro atoms. The van der Waals surface area contributed by atoms with Crippen molar-refractivity contribution in [3.8, 4) is 17.2 Å². The fraction of sp³-hybridized carbons (Fsp3) is 0.174. The minimum atomic E-state index is -3.61. The molecule has 0 radical (unpaired) electrons. The number of rotatable bonds is 6. The van der Waals surface area contributed by atoms with E-state index in [1.807, 2.05) is 0 Å². The number of hydrogen-bond acceptors (Lipinski definition) is 10. The molecule has 1 amide bonds. The van der Waals surface area contributed by atoms with Crippen molar-refractivity contribution in [1.29, 1.82) is 5.41 Å². The number of nitrogens with zero attached hydrogens (tertiary/aromatic N) is 3. The van der Waals surface area contributed by atoms with Crippen LogP contribution in [0.1, 0.15) is 22.8 Å². The summed E-state index contributed by atoms with van der Waals surface area (Å²) in [7, 11) is -0.653. The van der Waals surface area contributed by atoms with Crippen LogP contribution in [-0.2, 0) is 14.6 Å². The van der Waals surface area contributed by atoms with E-state index in [1.165, 1.54) is 45.4 Å². The lowest BCUT2D eigenvalue weighted by atomic mass is 10.1. The zero-order chi connectivity index (χ0) is 26.0. The molecular formula is C23H20N4O7S2. The number of carbonyl (C=O) groups is 2. The third-order valence-electron chi connectivity index (χ3n) is 5.10. The van der Waals surface area contributed by atoms with Crippen LogP contribution in [0.5, 0.6) is 17.2 Å². The van der Waals surface area contributed by atoms with Gasteiger partial charge in [0.1, 0.15) is 5.75 Å². The third-order valence-corrected chi connectivity index (χ3v) is 8.19. The van der Waals surface area contributed by atoms with Gasteiger partial charge in [0.05, 0.1) is 31.1 Å². The zero-order valence-electron chi connectivity index (χ0n) is 19.3. The first kappa shape index (κ1) is 25.1. The van der Waals surface area contributed by atoms with Crippen molar-refractivity contribution >= 4 is 54.9 Å². The van der Waals surface area contributed by atoms with E-state index in [-0.39, 0.29) is 38.0 Å². The first-order valence-corrected chi connectivity index (χ1v) is 12.9. The number of nitrogens with one attached hydrogen (secondary N) is 1. The Morgan fingerprint density at radius 1 is 1.11 bits per heavy atom. The van der Waals surface area contributed by atoms with Crippen molar-refractivity contribution in [3.63, 3.8) is 0 Å². The Hall–Kier alpha value is -3.97. The molecule has 0 atom stereocenters. The number of hydrogen-bond donors (Lipinski definition) is 1. The maximum Gasteiger partial charge on any atom is 0.343 e. The number of methoxy groups -OCH3 is 2. The van der Waals surface area contributed by atoms with Gasteiger partial charge < -0.3 is 14.2 Å². The number of sulfone groups is 1. The normalized spacial score (nSPS) is 16.4. The minimum absolute atomic E-state index is 0.0200. The molecule has 13 heteroatoms. The van der Waals surface area contributed by atoms with E-state index in [9.17, 15) is 18.0 Å². The monoisotopic (exact) mass is 528 g/mol. The smallest absolute Gasteiger partial charge is 0.343 e. The second-order valence-electron chi connectivity index (χ2n) is 7.32. The summed E-state index contributed by atoms with van der Waals surface area (Å²) in [6, 6.07) is 10.9. The van der Waals surface area contributed by atoms with Crippen LogP contribution in [0.2, 0.25) is 0 Å². The Balaban J connectivity index is 1.51. The quantitative estimate of drug-likeness (QED) is 0.339. The number of fused-ring (bicyclic) bond motifs is 1. The topological polar surface area (TPSA) is 148 Å². The molecule has 0 aliphatic carbocycles. The van der Waals surface area contributed by atoms with Gasteiger partial charge in [0.15, 0.2) is 17.3 Å². The first-order chi connectivity index (χ1) is 17.2. The maximum absolute atomic E-state index is 12.5. The molecule has 186 valence electrons. The zero-order valence-corrected chi connectivity index (χ0v) is 21.0. The molecule has 2 aromatic rings. The lowest BCUT2D eigenvalue weighted by Crippen LogP contribution is -2.35. The van der Waals surface area contributed by atoms with E-state index < -0.39 is 21.7 Å². The van der Waals surface area contributed by atoms with Gasteiger partial charge in [-0.2, -0.15) is 10.0 Å². The Morgan fingerprint density at radius 3 is 2.44 bits per heavy atom. The van der Waals surface area contributed by atoms with Gasteiger partial charge in [-0.25, -0.2) is 13.2 Å². The molecule has 0 saturated heterocycles. The predicted octanol–water partition coefficient (Wildman–Crippen LogP) is 2.93. The summed E-state index contributed by atoms with van der Waals surface area (Å²) in [4.78, 5) is 28.9. The highest BCUT2D eigenvalue weighted by molar-refractivity contribution is 8.42. The highest BCUT2D eigenvalue weighted by atomic mass is 32.3. The number of esters is 1. The van der Waals surface area contributed by atoms with E-state index in [0.29, 0.717) is 17.1 Å². The van der Waals surface area contributed by atoms with Crippen molar-refractivity contribution in [1.82, 2.24) is 5.01 Å². The molecular weight excluding hydrogens is 508 g/mol. The van der Waals surface area contributed by atoms with E-state index in [4.69, 9.17) is 19.6 Å². The summed E-state index contributed by atoms with van der Waals surface area (Å²) >= 11 is 0.738. The second-order valence-corrected chi connectivity index (χ2v) is 10.7. The van der Waals surface area contributed by atoms with Crippen LogP contribution in [0.25, 0.3) is 6.08 Å². The second kappa shape index (κ2) is 9.95. The fourth-order valence-corrected chi connectivity index (χ4v) is 5.32. The van der Waals surface area contributed by atoms with Gasteiger partial charge in [0.25, 0.3) is 5.91 Å². The molecule has 0 unspecified atom stereocenters. The van der Waals surface area contributed by atoms with Crippen LogP contribution in [0.4, 0.5) is 0 Å². The van der Waals surface area contributed by atoms with Crippen molar-refractivity contribution in [3.05, 3.63) is 59.2 Å². The summed E-state index contributed by atoms with van der Waals surface area (Å²) in [6.45, 7) is 1.48. The van der Waals surface area contributed by atoms with Gasteiger partial charge in [-0.15, -0.1) is 5.10 Å². The van der Waals surface area contributed by atoms with Crippen LogP contribution in [0.15, 0.2) is 58.1 Å². The Morgan fingerprint density at radius 2 is 1.81 bits per heavy atom. The highest BCUT2D eigenvalue weighted by Gasteiger charge is 2.39. The first-order valence-electron chi connectivity index (χ1n) is 10.4. The molecule has 2 aliphatic heterocycles. The number of amidine groups is 2. The van der Waals surface area contributed by atoms with E-state index in [1.54, 1.807) is 24.3 Å². The van der Waals surface area contributed by atoms with Crippen LogP contribution >= 0.6 is 11.8 Å². The number of aliphatic imine (C=N–C) groups is 1. The number of carbonyl (C=O) groups excluding carboxylic acids is 2. The summed E-state index contributed by atoms with van der Waals surface area (Å²) in [6.07, 6.45) is 1.43. The van der Waals surface area contributed by atoms with Crippen molar-refractivity contribution < 1.29 is 32.2 Å². The summed E-state index contributed by atoms with van der Waals surface area (Å²) in [5, 5.41) is 13.4. The lowest BCUT2D eigenvalue weighted by Gasteiger charge is -2.20. The van der Waals surface area contributed by atoms with Gasteiger partial charge in [-0.05, 0) is 53.7 Å². The maximum atomic E-state index is 12.5. The predicted molar refractivity (Wildman–Crippen MR) is 135 cm³/mol. The Bertz CT molecular complexity index is 1460. The fourth-order valence-electron chi connectivity index (χ4n) is 3.15. The molecule has 2 heterocycles. The average molecular weight is 529 g/mol. The van der Waals surface area contributed by atoms with E-state index in [0.717, 1.165) is 16.8 Å². The standard InChI is InChI=1S/C23H20N4O7S2/c1-4-36(30,31)23-26-27-19(24)16(20(28)25-22(27)35-23)11-13-5-8-15(9-6-13)34-21(29)14-7-10-17(32-2)18(12-14)33-3/h5-12,24H,4H2,1-3H3/b16-11+,24-19?.